The molecule has 1 heterocycles. The second kappa shape index (κ2) is 2.85. The number of aryl methyl sites for hydroxylation is 1. The lowest BCUT2D eigenvalue weighted by atomic mass is 10.3. The van der Waals surface area contributed by atoms with Crippen LogP contribution in [0, 0.1) is 6.92 Å². The Bertz CT molecular complexity index is 245. The Hall–Kier alpha value is -0.810. The molecule has 0 aliphatic carbocycles. The molecule has 1 aromatic rings. The molecular formula is C5H7N3OS. The van der Waals surface area contributed by atoms with Crippen LogP contribution in [-0.4, -0.2) is 21.9 Å². The van der Waals surface area contributed by atoms with Crippen LogP contribution in [0.2, 0.25) is 0 Å². The summed E-state index contributed by atoms with van der Waals surface area (Å²) in [5, 5.41) is 3.68. The summed E-state index contributed by atoms with van der Waals surface area (Å²) in [5.74, 6) is -0.0903. The van der Waals surface area contributed by atoms with Gasteiger partial charge in [0, 0.05) is 0 Å². The summed E-state index contributed by atoms with van der Waals surface area (Å²) in [6, 6.07) is 0. The quantitative estimate of drug-likeness (QED) is 0.613. The summed E-state index contributed by atoms with van der Waals surface area (Å²) in [6.07, 6.45) is 0. The van der Waals surface area contributed by atoms with Crippen molar-refractivity contribution in [1.29, 1.82) is 0 Å². The summed E-state index contributed by atoms with van der Waals surface area (Å²) >= 11 is 1.09. The van der Waals surface area contributed by atoms with Crippen LogP contribution in [-0.2, 0) is 0 Å². The van der Waals surface area contributed by atoms with Crippen molar-refractivity contribution in [3.8, 4) is 0 Å². The molecule has 1 rings (SSSR count). The van der Waals surface area contributed by atoms with Crippen molar-refractivity contribution >= 4 is 17.3 Å². The van der Waals surface area contributed by atoms with Gasteiger partial charge in [-0.2, -0.15) is 0 Å². The number of Topliss-reactive ketones (excluding diaryl/α,β-unsaturated/α-hetero) is 1. The standard InChI is InChI=1S/C5H7N3OS/c1-3-5(4(9)2-6)10-8-7-3/h2,6H2,1H3. The lowest BCUT2D eigenvalue weighted by Gasteiger charge is -1.88. The number of rotatable bonds is 2. The van der Waals surface area contributed by atoms with Gasteiger partial charge in [-0.15, -0.1) is 5.10 Å². The molecule has 0 saturated heterocycles. The third-order valence-corrected chi connectivity index (χ3v) is 1.96. The van der Waals surface area contributed by atoms with Gasteiger partial charge in [-0.3, -0.25) is 4.79 Å². The van der Waals surface area contributed by atoms with Crippen molar-refractivity contribution in [2.24, 2.45) is 5.73 Å². The molecule has 0 amide bonds. The van der Waals surface area contributed by atoms with Crippen molar-refractivity contribution in [2.45, 2.75) is 6.92 Å². The summed E-state index contributed by atoms with van der Waals surface area (Å²) in [7, 11) is 0. The van der Waals surface area contributed by atoms with Crippen LogP contribution in [0.1, 0.15) is 15.4 Å². The Balaban J connectivity index is 2.93. The molecule has 4 nitrogen and oxygen atoms in total. The smallest absolute Gasteiger partial charge is 0.189 e. The van der Waals surface area contributed by atoms with E-state index in [2.05, 4.69) is 9.59 Å². The second-order valence-electron chi connectivity index (χ2n) is 1.81. The normalized spacial score (nSPS) is 9.80. The van der Waals surface area contributed by atoms with E-state index in [0.29, 0.717) is 10.6 Å². The maximum atomic E-state index is 10.9. The number of aromatic nitrogens is 2. The zero-order valence-electron chi connectivity index (χ0n) is 5.50. The summed E-state index contributed by atoms with van der Waals surface area (Å²) < 4.78 is 3.61. The molecule has 0 aliphatic rings. The first kappa shape index (κ1) is 7.30. The van der Waals surface area contributed by atoms with Crippen molar-refractivity contribution in [2.75, 3.05) is 6.54 Å². The Morgan fingerprint density at radius 3 is 2.90 bits per heavy atom. The molecule has 2 N–H and O–H groups in total. The van der Waals surface area contributed by atoms with Crippen molar-refractivity contribution in [3.63, 3.8) is 0 Å². The van der Waals surface area contributed by atoms with Crippen LogP contribution in [0.3, 0.4) is 0 Å². The van der Waals surface area contributed by atoms with Crippen LogP contribution in [0.4, 0.5) is 0 Å². The highest BCUT2D eigenvalue weighted by molar-refractivity contribution is 7.08. The minimum absolute atomic E-state index is 0.0325. The van der Waals surface area contributed by atoms with Crippen LogP contribution < -0.4 is 5.73 Å². The topological polar surface area (TPSA) is 68.9 Å². The van der Waals surface area contributed by atoms with Crippen molar-refractivity contribution in [3.05, 3.63) is 10.6 Å². The minimum atomic E-state index is -0.0903. The van der Waals surface area contributed by atoms with E-state index in [-0.39, 0.29) is 12.3 Å². The van der Waals surface area contributed by atoms with Gasteiger partial charge in [0.1, 0.15) is 4.88 Å². The zero-order chi connectivity index (χ0) is 7.56. The fraction of sp³-hybridized carbons (Fsp3) is 0.400. The number of nitrogens with two attached hydrogens (primary N) is 1. The third kappa shape index (κ3) is 1.19. The molecule has 0 saturated carbocycles. The van der Waals surface area contributed by atoms with E-state index >= 15 is 0 Å². The van der Waals surface area contributed by atoms with E-state index in [1.165, 1.54) is 0 Å². The average Bonchev–Trinajstić information content (AvgIpc) is 2.34. The molecule has 0 aliphatic heterocycles. The molecule has 0 radical (unpaired) electrons. The maximum Gasteiger partial charge on any atom is 0.189 e. The first-order valence-corrected chi connectivity index (χ1v) is 3.55. The van der Waals surface area contributed by atoms with Gasteiger partial charge in [0.15, 0.2) is 5.78 Å². The number of ketones is 1. The number of carbonyl (C=O) groups excluding carboxylic acids is 1. The first-order valence-electron chi connectivity index (χ1n) is 2.78. The summed E-state index contributed by atoms with van der Waals surface area (Å²) in [5.41, 5.74) is 5.80. The summed E-state index contributed by atoms with van der Waals surface area (Å²) in [6.45, 7) is 1.77. The molecule has 10 heavy (non-hydrogen) atoms. The number of carbonyl (C=O) groups is 1. The van der Waals surface area contributed by atoms with Crippen LogP contribution in [0.15, 0.2) is 0 Å². The average molecular weight is 157 g/mol. The SMILES string of the molecule is Cc1nnsc1C(=O)CN. The molecule has 0 atom stereocenters. The highest BCUT2D eigenvalue weighted by atomic mass is 32.1. The highest BCUT2D eigenvalue weighted by Crippen LogP contribution is 2.08. The van der Waals surface area contributed by atoms with Gasteiger partial charge in [-0.05, 0) is 18.5 Å². The predicted octanol–water partition coefficient (Wildman–Crippen LogP) is -0.0121. The molecule has 0 spiro atoms. The zero-order valence-corrected chi connectivity index (χ0v) is 6.31. The highest BCUT2D eigenvalue weighted by Gasteiger charge is 2.09. The molecule has 5 heteroatoms. The van der Waals surface area contributed by atoms with E-state index in [1.807, 2.05) is 0 Å². The maximum absolute atomic E-state index is 10.9. The van der Waals surface area contributed by atoms with Gasteiger partial charge in [-0.1, -0.05) is 4.49 Å². The fourth-order valence-corrected chi connectivity index (χ4v) is 1.18. The lowest BCUT2D eigenvalue weighted by molar-refractivity contribution is 0.100. The Labute approximate surface area is 62.2 Å². The van der Waals surface area contributed by atoms with Gasteiger partial charge in [-0.25, -0.2) is 0 Å². The van der Waals surface area contributed by atoms with Crippen LogP contribution in [0.5, 0.6) is 0 Å². The Morgan fingerprint density at radius 1 is 1.80 bits per heavy atom. The van der Waals surface area contributed by atoms with Gasteiger partial charge in [0.25, 0.3) is 0 Å². The van der Waals surface area contributed by atoms with Gasteiger partial charge < -0.3 is 5.73 Å². The molecule has 1 aromatic heterocycles. The first-order chi connectivity index (χ1) is 4.75. The third-order valence-electron chi connectivity index (χ3n) is 1.09. The van der Waals surface area contributed by atoms with Crippen LogP contribution in [0.25, 0.3) is 0 Å². The van der Waals surface area contributed by atoms with E-state index in [1.54, 1.807) is 6.92 Å². The second-order valence-corrected chi connectivity index (χ2v) is 2.57. The molecule has 0 bridgehead atoms. The predicted molar refractivity (Wildman–Crippen MR) is 38.0 cm³/mol. The lowest BCUT2D eigenvalue weighted by Crippen LogP contribution is -2.13. The van der Waals surface area contributed by atoms with Crippen molar-refractivity contribution < 1.29 is 4.79 Å². The Kier molecular flexibility index (Phi) is 2.08. The van der Waals surface area contributed by atoms with Crippen molar-refractivity contribution in [1.82, 2.24) is 9.59 Å². The Morgan fingerprint density at radius 2 is 2.50 bits per heavy atom. The fourth-order valence-electron chi connectivity index (χ4n) is 0.579. The van der Waals surface area contributed by atoms with Crippen LogP contribution >= 0.6 is 11.5 Å². The van der Waals surface area contributed by atoms with Gasteiger partial charge in [0.05, 0.1) is 12.2 Å². The van der Waals surface area contributed by atoms with E-state index < -0.39 is 0 Å². The minimum Gasteiger partial charge on any atom is -0.324 e. The van der Waals surface area contributed by atoms with E-state index in [9.17, 15) is 4.79 Å². The van der Waals surface area contributed by atoms with E-state index in [0.717, 1.165) is 11.5 Å². The van der Waals surface area contributed by atoms with Gasteiger partial charge in [0.2, 0.25) is 0 Å². The molecule has 0 aromatic carbocycles. The number of hydrogen-bond acceptors (Lipinski definition) is 5. The molecule has 0 fully saturated rings. The number of hydrogen-bond donors (Lipinski definition) is 1. The van der Waals surface area contributed by atoms with Gasteiger partial charge >= 0.3 is 0 Å². The largest absolute Gasteiger partial charge is 0.324 e. The van der Waals surface area contributed by atoms with E-state index in [4.69, 9.17) is 5.73 Å². The molecule has 54 valence electrons. The molecular weight excluding hydrogens is 150 g/mol. The monoisotopic (exact) mass is 157 g/mol. The molecule has 0 unspecified atom stereocenters. The number of nitrogens with zero attached hydrogens (tertiary/aromatic N) is 2. The summed E-state index contributed by atoms with van der Waals surface area (Å²) in [4.78, 5) is 11.5.